The van der Waals surface area contributed by atoms with Crippen molar-refractivity contribution in [1.29, 1.82) is 0 Å². The average Bonchev–Trinajstić information content (AvgIpc) is 2.88. The number of nitrogens with zero attached hydrogens (tertiary/aromatic N) is 2. The average molecular weight is 476 g/mol. The second-order valence-electron chi connectivity index (χ2n) is 5.18. The number of hydrogen-bond donors (Lipinski definition) is 0. The third-order valence-corrected chi connectivity index (χ3v) is 6.20. The Morgan fingerprint density at radius 1 is 1.28 bits per heavy atom. The van der Waals surface area contributed by atoms with Crippen LogP contribution in [0.1, 0.15) is 10.4 Å². The molecule has 3 aromatic rings. The first-order valence-electron chi connectivity index (χ1n) is 7.31. The van der Waals surface area contributed by atoms with Crippen LogP contribution in [0.4, 0.5) is 0 Å². The molecule has 8 heteroatoms. The number of thiazole rings is 1. The molecule has 3 nitrogen and oxygen atoms in total. The standard InChI is InChI=1S/C17H13BrCl2N2OS2/c1-24-7-6-22-14-5-2-10(18)8-15(14)25-17(22)21-16(23)12-4-3-11(19)9-13(12)20/h2-5,8-9H,6-7H2,1H3. The predicted molar refractivity (Wildman–Crippen MR) is 112 cm³/mol. The summed E-state index contributed by atoms with van der Waals surface area (Å²) in [6.45, 7) is 0.781. The number of thioether (sulfide) groups is 1. The van der Waals surface area contributed by atoms with Crippen LogP contribution in [0, 0.1) is 0 Å². The van der Waals surface area contributed by atoms with Crippen LogP contribution < -0.4 is 4.80 Å². The molecule has 0 saturated carbocycles. The van der Waals surface area contributed by atoms with Gasteiger partial charge in [-0.2, -0.15) is 16.8 Å². The fraction of sp³-hybridized carbons (Fsp3) is 0.176. The van der Waals surface area contributed by atoms with Gasteiger partial charge in [-0.25, -0.2) is 0 Å². The molecule has 0 aliphatic heterocycles. The third kappa shape index (κ3) is 4.31. The van der Waals surface area contributed by atoms with E-state index in [4.69, 9.17) is 23.2 Å². The number of carbonyl (C=O) groups is 1. The van der Waals surface area contributed by atoms with E-state index >= 15 is 0 Å². The van der Waals surface area contributed by atoms with Crippen LogP contribution in [0.15, 0.2) is 45.9 Å². The summed E-state index contributed by atoms with van der Waals surface area (Å²) in [5.41, 5.74) is 1.41. The Morgan fingerprint density at radius 2 is 2.08 bits per heavy atom. The lowest BCUT2D eigenvalue weighted by molar-refractivity contribution is 0.0998. The smallest absolute Gasteiger partial charge is 0.281 e. The van der Waals surface area contributed by atoms with E-state index in [9.17, 15) is 4.79 Å². The lowest BCUT2D eigenvalue weighted by Gasteiger charge is -2.04. The van der Waals surface area contributed by atoms with E-state index < -0.39 is 0 Å². The van der Waals surface area contributed by atoms with Crippen molar-refractivity contribution in [3.05, 3.63) is 61.3 Å². The largest absolute Gasteiger partial charge is 0.316 e. The van der Waals surface area contributed by atoms with E-state index in [1.54, 1.807) is 30.0 Å². The summed E-state index contributed by atoms with van der Waals surface area (Å²) in [4.78, 5) is 17.6. The minimum atomic E-state index is -0.370. The normalized spacial score (nSPS) is 12.1. The molecular formula is C17H13BrCl2N2OS2. The highest BCUT2D eigenvalue weighted by Crippen LogP contribution is 2.24. The zero-order valence-corrected chi connectivity index (χ0v) is 17.9. The third-order valence-electron chi connectivity index (χ3n) is 3.52. The topological polar surface area (TPSA) is 34.4 Å². The Bertz CT molecular complexity index is 1010. The van der Waals surface area contributed by atoms with Crippen molar-refractivity contribution >= 4 is 78.4 Å². The first-order chi connectivity index (χ1) is 12.0. The fourth-order valence-electron chi connectivity index (χ4n) is 2.34. The number of halogens is 3. The molecule has 0 aliphatic carbocycles. The molecule has 0 spiro atoms. The Kier molecular flexibility index (Phi) is 6.28. The minimum absolute atomic E-state index is 0.306. The van der Waals surface area contributed by atoms with E-state index in [0.29, 0.717) is 20.4 Å². The Hall–Kier alpha value is -0.790. The monoisotopic (exact) mass is 474 g/mol. The Morgan fingerprint density at radius 3 is 2.80 bits per heavy atom. The highest BCUT2D eigenvalue weighted by molar-refractivity contribution is 9.10. The number of benzene rings is 2. The quantitative estimate of drug-likeness (QED) is 0.472. The lowest BCUT2D eigenvalue weighted by atomic mass is 10.2. The van der Waals surface area contributed by atoms with Crippen LogP contribution in [0.5, 0.6) is 0 Å². The Labute approximate surface area is 171 Å². The number of rotatable bonds is 4. The van der Waals surface area contributed by atoms with Crippen molar-refractivity contribution in [2.45, 2.75) is 6.54 Å². The molecule has 3 rings (SSSR count). The highest BCUT2D eigenvalue weighted by Gasteiger charge is 2.12. The molecule has 0 aliphatic rings. The van der Waals surface area contributed by atoms with Gasteiger partial charge in [0.1, 0.15) is 0 Å². The molecule has 0 atom stereocenters. The van der Waals surface area contributed by atoms with Crippen LogP contribution >= 0.6 is 62.2 Å². The second kappa shape index (κ2) is 8.27. The molecule has 0 radical (unpaired) electrons. The molecule has 25 heavy (non-hydrogen) atoms. The molecule has 1 amide bonds. The van der Waals surface area contributed by atoms with Gasteiger partial charge in [-0.05, 0) is 42.7 Å². The van der Waals surface area contributed by atoms with Gasteiger partial charge in [0, 0.05) is 21.8 Å². The van der Waals surface area contributed by atoms with Gasteiger partial charge in [0.25, 0.3) is 5.91 Å². The lowest BCUT2D eigenvalue weighted by Crippen LogP contribution is -2.18. The van der Waals surface area contributed by atoms with Gasteiger partial charge in [0.2, 0.25) is 0 Å². The molecule has 0 fully saturated rings. The summed E-state index contributed by atoms with van der Waals surface area (Å²) < 4.78 is 4.14. The molecule has 0 bridgehead atoms. The molecule has 1 aromatic heterocycles. The van der Waals surface area contributed by atoms with E-state index in [0.717, 1.165) is 27.0 Å². The number of aromatic nitrogens is 1. The molecule has 0 N–H and O–H groups in total. The van der Waals surface area contributed by atoms with Gasteiger partial charge < -0.3 is 4.57 Å². The molecule has 0 unspecified atom stereocenters. The molecular weight excluding hydrogens is 463 g/mol. The van der Waals surface area contributed by atoms with Gasteiger partial charge in [-0.3, -0.25) is 4.79 Å². The number of carbonyl (C=O) groups excluding carboxylic acids is 1. The second-order valence-corrected chi connectivity index (χ2v) is 8.94. The van der Waals surface area contributed by atoms with E-state index in [1.165, 1.54) is 11.3 Å². The Balaban J connectivity index is 2.12. The van der Waals surface area contributed by atoms with Crippen molar-refractivity contribution in [1.82, 2.24) is 4.57 Å². The minimum Gasteiger partial charge on any atom is -0.316 e. The summed E-state index contributed by atoms with van der Waals surface area (Å²) in [6.07, 6.45) is 2.06. The summed E-state index contributed by atoms with van der Waals surface area (Å²) in [7, 11) is 0. The van der Waals surface area contributed by atoms with Crippen molar-refractivity contribution in [3.63, 3.8) is 0 Å². The maximum absolute atomic E-state index is 12.6. The van der Waals surface area contributed by atoms with Gasteiger partial charge >= 0.3 is 0 Å². The van der Waals surface area contributed by atoms with Crippen LogP contribution in [-0.4, -0.2) is 22.5 Å². The maximum atomic E-state index is 12.6. The van der Waals surface area contributed by atoms with Gasteiger partial charge in [0.15, 0.2) is 4.80 Å². The van der Waals surface area contributed by atoms with Crippen LogP contribution in [0.2, 0.25) is 10.0 Å². The van der Waals surface area contributed by atoms with Gasteiger partial charge in [0.05, 0.1) is 20.8 Å². The number of aryl methyl sites for hydroxylation is 1. The van der Waals surface area contributed by atoms with Crippen LogP contribution in [0.3, 0.4) is 0 Å². The number of hydrogen-bond acceptors (Lipinski definition) is 3. The van der Waals surface area contributed by atoms with Gasteiger partial charge in [-0.1, -0.05) is 50.5 Å². The zero-order valence-electron chi connectivity index (χ0n) is 13.1. The summed E-state index contributed by atoms with van der Waals surface area (Å²) >= 11 is 18.8. The van der Waals surface area contributed by atoms with E-state index in [1.807, 2.05) is 18.2 Å². The van der Waals surface area contributed by atoms with Crippen LogP contribution in [0.25, 0.3) is 10.2 Å². The zero-order chi connectivity index (χ0) is 18.0. The number of amides is 1. The van der Waals surface area contributed by atoms with Crippen molar-refractivity contribution in [3.8, 4) is 0 Å². The molecule has 130 valence electrons. The predicted octanol–water partition coefficient (Wildman–Crippen LogP) is 5.88. The van der Waals surface area contributed by atoms with E-state index in [-0.39, 0.29) is 5.91 Å². The molecule has 1 heterocycles. The van der Waals surface area contributed by atoms with Crippen molar-refractivity contribution in [2.24, 2.45) is 4.99 Å². The van der Waals surface area contributed by atoms with Gasteiger partial charge in [-0.15, -0.1) is 0 Å². The first-order valence-corrected chi connectivity index (χ1v) is 11.1. The SMILES string of the molecule is CSCCn1c(=NC(=O)c2ccc(Cl)cc2Cl)sc2cc(Br)ccc21. The van der Waals surface area contributed by atoms with E-state index in [2.05, 4.69) is 31.7 Å². The number of fused-ring (bicyclic) bond motifs is 1. The summed E-state index contributed by atoms with van der Waals surface area (Å²) in [6, 6.07) is 10.9. The molecule has 0 saturated heterocycles. The van der Waals surface area contributed by atoms with Crippen LogP contribution in [-0.2, 0) is 6.54 Å². The van der Waals surface area contributed by atoms with Crippen molar-refractivity contribution in [2.75, 3.05) is 12.0 Å². The fourth-order valence-corrected chi connectivity index (χ4v) is 4.80. The molecule has 2 aromatic carbocycles. The first kappa shape index (κ1) is 19.0. The summed E-state index contributed by atoms with van der Waals surface area (Å²) in [5, 5.41) is 0.795. The highest BCUT2D eigenvalue weighted by atomic mass is 79.9. The van der Waals surface area contributed by atoms with Crippen molar-refractivity contribution < 1.29 is 4.79 Å². The maximum Gasteiger partial charge on any atom is 0.281 e. The summed E-state index contributed by atoms with van der Waals surface area (Å²) in [5.74, 6) is 0.565.